The molecule has 7 heteroatoms. The Morgan fingerprint density at radius 3 is 2.63 bits per heavy atom. The lowest BCUT2D eigenvalue weighted by Crippen LogP contribution is -2.05. The van der Waals surface area contributed by atoms with E-state index in [0.29, 0.717) is 18.2 Å². The van der Waals surface area contributed by atoms with Crippen LogP contribution in [0.4, 0.5) is 5.82 Å². The van der Waals surface area contributed by atoms with Gasteiger partial charge in [-0.05, 0) is 61.6 Å². The topological polar surface area (TPSA) is 85.7 Å². The highest BCUT2D eigenvalue weighted by Crippen LogP contribution is 2.40. The van der Waals surface area contributed by atoms with Crippen molar-refractivity contribution < 1.29 is 4.74 Å². The second kappa shape index (κ2) is 7.67. The van der Waals surface area contributed by atoms with Crippen LogP contribution < -0.4 is 10.1 Å². The van der Waals surface area contributed by atoms with Crippen molar-refractivity contribution in [1.82, 2.24) is 25.1 Å². The van der Waals surface area contributed by atoms with Gasteiger partial charge in [-0.2, -0.15) is 10.2 Å². The van der Waals surface area contributed by atoms with Crippen molar-refractivity contribution in [2.24, 2.45) is 0 Å². The largest absolute Gasteiger partial charge is 0.494 e. The summed E-state index contributed by atoms with van der Waals surface area (Å²) >= 11 is 0. The number of anilines is 1. The maximum atomic E-state index is 5.62. The van der Waals surface area contributed by atoms with Gasteiger partial charge in [-0.25, -0.2) is 9.97 Å². The Balaban J connectivity index is 1.51. The average Bonchev–Trinajstić information content (AvgIpc) is 3.63. The van der Waals surface area contributed by atoms with Gasteiger partial charge >= 0.3 is 0 Å². The Kier molecular flexibility index (Phi) is 4.71. The number of nitrogens with one attached hydrogen (secondary N) is 1. The molecule has 1 aliphatic carbocycles. The number of benzene rings is 1. The third-order valence-corrected chi connectivity index (χ3v) is 5.34. The van der Waals surface area contributed by atoms with Crippen molar-refractivity contribution >= 4 is 16.7 Å². The number of ether oxygens (including phenoxy) is 1. The molecule has 1 N–H and O–H groups in total. The summed E-state index contributed by atoms with van der Waals surface area (Å²) in [6, 6.07) is 12.2. The SMILES string of the molecule is COc1cc(-c2ccc(C3CC3)cn2)cc2c(NCc3ccc(C)nn3)ncnc12. The first-order valence-electron chi connectivity index (χ1n) is 10.0. The van der Waals surface area contributed by atoms with Gasteiger partial charge < -0.3 is 10.1 Å². The molecule has 150 valence electrons. The minimum Gasteiger partial charge on any atom is -0.494 e. The fourth-order valence-corrected chi connectivity index (χ4v) is 3.51. The molecule has 0 saturated heterocycles. The van der Waals surface area contributed by atoms with Crippen LogP contribution in [0, 0.1) is 6.92 Å². The average molecular weight is 398 g/mol. The van der Waals surface area contributed by atoms with E-state index in [1.807, 2.05) is 31.3 Å². The van der Waals surface area contributed by atoms with Crippen LogP contribution in [0.3, 0.4) is 0 Å². The Morgan fingerprint density at radius 2 is 1.93 bits per heavy atom. The first-order chi connectivity index (χ1) is 14.7. The highest BCUT2D eigenvalue weighted by molar-refractivity contribution is 5.96. The minimum atomic E-state index is 0.514. The zero-order chi connectivity index (χ0) is 20.5. The molecule has 0 radical (unpaired) electrons. The van der Waals surface area contributed by atoms with E-state index >= 15 is 0 Å². The number of aromatic nitrogens is 5. The number of hydrogen-bond donors (Lipinski definition) is 1. The van der Waals surface area contributed by atoms with E-state index in [0.717, 1.165) is 39.4 Å². The lowest BCUT2D eigenvalue weighted by Gasteiger charge is -2.12. The van der Waals surface area contributed by atoms with E-state index in [-0.39, 0.29) is 0 Å². The normalized spacial score (nSPS) is 13.4. The minimum absolute atomic E-state index is 0.514. The molecule has 0 amide bonds. The van der Waals surface area contributed by atoms with Gasteiger partial charge in [0.1, 0.15) is 23.4 Å². The van der Waals surface area contributed by atoms with Crippen LogP contribution in [0.2, 0.25) is 0 Å². The highest BCUT2D eigenvalue weighted by atomic mass is 16.5. The van der Waals surface area contributed by atoms with Crippen LogP contribution in [0.5, 0.6) is 5.75 Å². The summed E-state index contributed by atoms with van der Waals surface area (Å²) < 4.78 is 5.62. The van der Waals surface area contributed by atoms with Gasteiger partial charge in [0.25, 0.3) is 0 Å². The predicted octanol–water partition coefficient (Wildman–Crippen LogP) is 4.29. The monoisotopic (exact) mass is 398 g/mol. The zero-order valence-corrected chi connectivity index (χ0v) is 17.0. The first-order valence-corrected chi connectivity index (χ1v) is 10.0. The number of rotatable bonds is 6. The molecule has 0 unspecified atom stereocenters. The Morgan fingerprint density at radius 1 is 1.03 bits per heavy atom. The van der Waals surface area contributed by atoms with E-state index in [2.05, 4.69) is 48.7 Å². The lowest BCUT2D eigenvalue weighted by molar-refractivity contribution is 0.419. The van der Waals surface area contributed by atoms with Crippen LogP contribution in [-0.2, 0) is 6.54 Å². The maximum Gasteiger partial charge on any atom is 0.145 e. The van der Waals surface area contributed by atoms with Gasteiger partial charge in [0, 0.05) is 17.1 Å². The molecule has 3 heterocycles. The van der Waals surface area contributed by atoms with E-state index in [4.69, 9.17) is 4.74 Å². The number of fused-ring (bicyclic) bond motifs is 1. The third-order valence-electron chi connectivity index (χ3n) is 5.34. The standard InChI is InChI=1S/C23H22N6O/c1-14-3-7-18(29-28-14)12-25-23-19-9-17(10-21(30-2)22(19)26-13-27-23)20-8-6-16(11-24-20)15-4-5-15/h3,6-11,13,15H,4-5,12H2,1-2H3,(H,25,26,27). The number of nitrogens with zero attached hydrogens (tertiary/aromatic N) is 5. The second-order valence-electron chi connectivity index (χ2n) is 7.57. The van der Waals surface area contributed by atoms with Crippen molar-refractivity contribution in [2.75, 3.05) is 12.4 Å². The zero-order valence-electron chi connectivity index (χ0n) is 17.0. The van der Waals surface area contributed by atoms with Gasteiger partial charge in [0.2, 0.25) is 0 Å². The van der Waals surface area contributed by atoms with Crippen LogP contribution in [0.1, 0.15) is 35.7 Å². The number of pyridine rings is 1. The Bertz CT molecular complexity index is 1190. The molecule has 3 aromatic heterocycles. The van der Waals surface area contributed by atoms with E-state index in [1.165, 1.54) is 24.7 Å². The molecule has 5 rings (SSSR count). The van der Waals surface area contributed by atoms with Crippen LogP contribution in [0.15, 0.2) is 48.9 Å². The molecule has 7 nitrogen and oxygen atoms in total. The van der Waals surface area contributed by atoms with E-state index in [1.54, 1.807) is 7.11 Å². The van der Waals surface area contributed by atoms with Crippen molar-refractivity contribution in [3.63, 3.8) is 0 Å². The van der Waals surface area contributed by atoms with Gasteiger partial charge in [0.15, 0.2) is 0 Å². The summed E-state index contributed by atoms with van der Waals surface area (Å²) in [5.74, 6) is 2.10. The molecule has 1 fully saturated rings. The fourth-order valence-electron chi connectivity index (χ4n) is 3.51. The summed E-state index contributed by atoms with van der Waals surface area (Å²) in [4.78, 5) is 13.6. The molecular formula is C23H22N6O. The van der Waals surface area contributed by atoms with Crippen molar-refractivity contribution in [1.29, 1.82) is 0 Å². The first kappa shape index (κ1) is 18.4. The molecule has 0 bridgehead atoms. The fraction of sp³-hybridized carbons (Fsp3) is 0.261. The van der Waals surface area contributed by atoms with Crippen LogP contribution >= 0.6 is 0 Å². The van der Waals surface area contributed by atoms with E-state index in [9.17, 15) is 0 Å². The summed E-state index contributed by atoms with van der Waals surface area (Å²) in [5.41, 5.74) is 5.67. The summed E-state index contributed by atoms with van der Waals surface area (Å²) in [7, 11) is 1.65. The highest BCUT2D eigenvalue weighted by Gasteiger charge is 2.23. The van der Waals surface area contributed by atoms with Gasteiger partial charge in [-0.1, -0.05) is 6.07 Å². The molecule has 0 aliphatic heterocycles. The second-order valence-corrected chi connectivity index (χ2v) is 7.57. The Labute approximate surface area is 174 Å². The van der Waals surface area contributed by atoms with E-state index < -0.39 is 0 Å². The van der Waals surface area contributed by atoms with Crippen LogP contribution in [0.25, 0.3) is 22.2 Å². The summed E-state index contributed by atoms with van der Waals surface area (Å²) in [6.45, 7) is 2.43. The predicted molar refractivity (Wildman–Crippen MR) is 115 cm³/mol. The molecule has 0 spiro atoms. The lowest BCUT2D eigenvalue weighted by atomic mass is 10.1. The smallest absolute Gasteiger partial charge is 0.145 e. The van der Waals surface area contributed by atoms with Gasteiger partial charge in [-0.15, -0.1) is 0 Å². The van der Waals surface area contributed by atoms with Crippen molar-refractivity contribution in [3.05, 3.63) is 65.9 Å². The molecule has 30 heavy (non-hydrogen) atoms. The van der Waals surface area contributed by atoms with Gasteiger partial charge in [-0.3, -0.25) is 4.98 Å². The molecule has 0 atom stereocenters. The maximum absolute atomic E-state index is 5.62. The van der Waals surface area contributed by atoms with Crippen LogP contribution in [-0.4, -0.2) is 32.3 Å². The number of methoxy groups -OCH3 is 1. The quantitative estimate of drug-likeness (QED) is 0.518. The van der Waals surface area contributed by atoms with Gasteiger partial charge in [0.05, 0.1) is 30.7 Å². The van der Waals surface area contributed by atoms with Crippen molar-refractivity contribution in [3.8, 4) is 17.0 Å². The number of hydrogen-bond acceptors (Lipinski definition) is 7. The molecule has 4 aromatic rings. The van der Waals surface area contributed by atoms with Crippen molar-refractivity contribution in [2.45, 2.75) is 32.2 Å². The molecule has 1 aromatic carbocycles. The Hall–Kier alpha value is -3.61. The molecular weight excluding hydrogens is 376 g/mol. The number of aryl methyl sites for hydroxylation is 1. The summed E-state index contributed by atoms with van der Waals surface area (Å²) in [5, 5.41) is 12.5. The third kappa shape index (κ3) is 3.66. The molecule has 1 saturated carbocycles. The summed E-state index contributed by atoms with van der Waals surface area (Å²) in [6.07, 6.45) is 6.06. The molecule has 1 aliphatic rings.